The molecule has 1 saturated carbocycles. The van der Waals surface area contributed by atoms with Crippen molar-refractivity contribution in [3.05, 3.63) is 48.6 Å². The molecule has 1 fully saturated rings. The molecule has 1 aromatic rings. The van der Waals surface area contributed by atoms with Crippen molar-refractivity contribution in [3.8, 4) is 0 Å². The second-order valence-corrected chi connectivity index (χ2v) is 9.19. The van der Waals surface area contributed by atoms with Gasteiger partial charge in [-0.15, -0.1) is 6.58 Å². The summed E-state index contributed by atoms with van der Waals surface area (Å²) < 4.78 is 11.5. The van der Waals surface area contributed by atoms with Gasteiger partial charge in [0.1, 0.15) is 5.60 Å². The Bertz CT molecular complexity index is 675. The second-order valence-electron chi connectivity index (χ2n) is 9.19. The van der Waals surface area contributed by atoms with Gasteiger partial charge in [0.05, 0.1) is 19.3 Å². The number of carbonyl (C=O) groups is 1. The number of nitrogens with zero attached hydrogens (tertiary/aromatic N) is 2. The average Bonchev–Trinajstić information content (AvgIpc) is 2.71. The van der Waals surface area contributed by atoms with Crippen molar-refractivity contribution in [2.75, 3.05) is 6.61 Å². The van der Waals surface area contributed by atoms with E-state index in [0.717, 1.165) is 18.4 Å². The van der Waals surface area contributed by atoms with Gasteiger partial charge in [-0.05, 0) is 45.1 Å². The Balaban J connectivity index is 2.06. The number of carbonyl (C=O) groups excluding carboxylic acids is 1. The Labute approximate surface area is 182 Å². The Morgan fingerprint density at radius 3 is 2.50 bits per heavy atom. The van der Waals surface area contributed by atoms with Gasteiger partial charge >= 0.3 is 6.09 Å². The SMILES string of the molecule is C=CC([C@@H](C)COCc1ccccc1)N(/N=C/C1CCCCC1)C(=O)OC(C)(C)C. The molecule has 1 amide bonds. The summed E-state index contributed by atoms with van der Waals surface area (Å²) in [5.74, 6) is 0.432. The normalized spacial score (nSPS) is 17.5. The molecule has 1 aliphatic rings. The van der Waals surface area contributed by atoms with Crippen molar-refractivity contribution in [1.82, 2.24) is 5.01 Å². The molecule has 2 atom stereocenters. The lowest BCUT2D eigenvalue weighted by atomic mass is 9.90. The standard InChI is InChI=1S/C25H38N2O3/c1-6-23(20(2)18-29-19-22-15-11-8-12-16-22)27(24(28)30-25(3,4)5)26-17-21-13-9-7-10-14-21/h6,8,11-12,15-17,20-21,23H,1,7,9-10,13-14,18-19H2,2-5H3/b26-17+/t20-,23?/m0/s1. The molecule has 0 spiro atoms. The molecule has 1 aliphatic carbocycles. The fraction of sp³-hybridized carbons (Fsp3) is 0.600. The molecule has 0 aromatic heterocycles. The summed E-state index contributed by atoms with van der Waals surface area (Å²) in [6.07, 6.45) is 9.21. The van der Waals surface area contributed by atoms with Gasteiger partial charge < -0.3 is 9.47 Å². The molecule has 1 aromatic carbocycles. The van der Waals surface area contributed by atoms with Crippen LogP contribution in [0, 0.1) is 11.8 Å². The van der Waals surface area contributed by atoms with E-state index in [1.807, 2.05) is 64.2 Å². The lowest BCUT2D eigenvalue weighted by molar-refractivity contribution is 0.00774. The molecule has 0 bridgehead atoms. The highest BCUT2D eigenvalue weighted by Crippen LogP contribution is 2.23. The zero-order valence-corrected chi connectivity index (χ0v) is 19.0. The van der Waals surface area contributed by atoms with E-state index in [2.05, 4.69) is 11.7 Å². The molecule has 5 heteroatoms. The molecule has 30 heavy (non-hydrogen) atoms. The van der Waals surface area contributed by atoms with Crippen molar-refractivity contribution in [2.45, 2.75) is 78.0 Å². The fourth-order valence-corrected chi connectivity index (χ4v) is 3.61. The highest BCUT2D eigenvalue weighted by Gasteiger charge is 2.30. The van der Waals surface area contributed by atoms with E-state index >= 15 is 0 Å². The quantitative estimate of drug-likeness (QED) is 0.275. The van der Waals surface area contributed by atoms with Gasteiger partial charge in [0.2, 0.25) is 0 Å². The zero-order valence-electron chi connectivity index (χ0n) is 19.0. The molecular formula is C25H38N2O3. The fourth-order valence-electron chi connectivity index (χ4n) is 3.61. The topological polar surface area (TPSA) is 51.1 Å². The Hall–Kier alpha value is -2.14. The summed E-state index contributed by atoms with van der Waals surface area (Å²) >= 11 is 0. The van der Waals surface area contributed by atoms with Crippen molar-refractivity contribution < 1.29 is 14.3 Å². The number of benzene rings is 1. The van der Waals surface area contributed by atoms with Gasteiger partial charge in [-0.2, -0.15) is 10.1 Å². The van der Waals surface area contributed by atoms with E-state index in [1.54, 1.807) is 6.08 Å². The first-order valence-corrected chi connectivity index (χ1v) is 11.1. The molecular weight excluding hydrogens is 376 g/mol. The Kier molecular flexibility index (Phi) is 9.57. The van der Waals surface area contributed by atoms with E-state index in [-0.39, 0.29) is 12.0 Å². The van der Waals surface area contributed by atoms with Crippen LogP contribution in [0.15, 0.2) is 48.1 Å². The Morgan fingerprint density at radius 1 is 1.23 bits per heavy atom. The molecule has 166 valence electrons. The summed E-state index contributed by atoms with van der Waals surface area (Å²) in [4.78, 5) is 12.9. The van der Waals surface area contributed by atoms with Crippen LogP contribution >= 0.6 is 0 Å². The van der Waals surface area contributed by atoms with Crippen LogP contribution < -0.4 is 0 Å². The van der Waals surface area contributed by atoms with Crippen LogP contribution in [0.25, 0.3) is 0 Å². The maximum atomic E-state index is 12.9. The minimum atomic E-state index is -0.589. The number of amides is 1. The highest BCUT2D eigenvalue weighted by atomic mass is 16.6. The largest absolute Gasteiger partial charge is 0.442 e. The van der Waals surface area contributed by atoms with Crippen LogP contribution in [0.5, 0.6) is 0 Å². The summed E-state index contributed by atoms with van der Waals surface area (Å²) in [5, 5.41) is 6.04. The molecule has 0 saturated heterocycles. The first-order chi connectivity index (χ1) is 14.3. The maximum absolute atomic E-state index is 12.9. The number of hydrogen-bond donors (Lipinski definition) is 0. The highest BCUT2D eigenvalue weighted by molar-refractivity contribution is 5.71. The predicted molar refractivity (Wildman–Crippen MR) is 122 cm³/mol. The summed E-state index contributed by atoms with van der Waals surface area (Å²) in [6.45, 7) is 12.6. The van der Waals surface area contributed by atoms with Crippen molar-refractivity contribution >= 4 is 12.3 Å². The average molecular weight is 415 g/mol. The first-order valence-electron chi connectivity index (χ1n) is 11.1. The minimum Gasteiger partial charge on any atom is -0.442 e. The van der Waals surface area contributed by atoms with Crippen LogP contribution in [0.3, 0.4) is 0 Å². The van der Waals surface area contributed by atoms with Crippen LogP contribution in [0.4, 0.5) is 4.79 Å². The first kappa shape index (κ1) is 24.1. The van der Waals surface area contributed by atoms with Gasteiger partial charge in [0, 0.05) is 12.1 Å². The van der Waals surface area contributed by atoms with Gasteiger partial charge in [-0.1, -0.05) is 62.6 Å². The molecule has 1 unspecified atom stereocenters. The van der Waals surface area contributed by atoms with Crippen molar-refractivity contribution in [3.63, 3.8) is 0 Å². The molecule has 5 nitrogen and oxygen atoms in total. The van der Waals surface area contributed by atoms with Gasteiger partial charge in [0.15, 0.2) is 0 Å². The third-order valence-corrected chi connectivity index (χ3v) is 5.23. The minimum absolute atomic E-state index is 0.0160. The van der Waals surface area contributed by atoms with E-state index in [0.29, 0.717) is 19.1 Å². The number of rotatable bonds is 9. The zero-order chi connectivity index (χ0) is 22.0. The molecule has 0 aliphatic heterocycles. The summed E-state index contributed by atoms with van der Waals surface area (Å²) in [7, 11) is 0. The van der Waals surface area contributed by atoms with E-state index < -0.39 is 11.7 Å². The van der Waals surface area contributed by atoms with Crippen molar-refractivity contribution in [2.24, 2.45) is 16.9 Å². The summed E-state index contributed by atoms with van der Waals surface area (Å²) in [6, 6.07) is 9.75. The van der Waals surface area contributed by atoms with E-state index in [9.17, 15) is 4.79 Å². The molecule has 2 rings (SSSR count). The third kappa shape index (κ3) is 8.31. The maximum Gasteiger partial charge on any atom is 0.431 e. The second kappa shape index (κ2) is 11.9. The molecule has 0 N–H and O–H groups in total. The lowest BCUT2D eigenvalue weighted by Gasteiger charge is -2.32. The van der Waals surface area contributed by atoms with Gasteiger partial charge in [-0.25, -0.2) is 4.79 Å². The molecule has 0 radical (unpaired) electrons. The van der Waals surface area contributed by atoms with E-state index in [1.165, 1.54) is 24.3 Å². The molecule has 0 heterocycles. The van der Waals surface area contributed by atoms with Crippen LogP contribution in [0.1, 0.15) is 65.4 Å². The smallest absolute Gasteiger partial charge is 0.431 e. The van der Waals surface area contributed by atoms with Crippen molar-refractivity contribution in [1.29, 1.82) is 0 Å². The van der Waals surface area contributed by atoms with Gasteiger partial charge in [0.25, 0.3) is 0 Å². The lowest BCUT2D eigenvalue weighted by Crippen LogP contribution is -2.43. The van der Waals surface area contributed by atoms with E-state index in [4.69, 9.17) is 9.47 Å². The van der Waals surface area contributed by atoms with Crippen LogP contribution in [-0.4, -0.2) is 35.6 Å². The summed E-state index contributed by atoms with van der Waals surface area (Å²) in [5.41, 5.74) is 0.535. The van der Waals surface area contributed by atoms with Gasteiger partial charge in [-0.3, -0.25) is 0 Å². The number of hydrogen-bond acceptors (Lipinski definition) is 4. The van der Waals surface area contributed by atoms with Crippen LogP contribution in [-0.2, 0) is 16.1 Å². The number of hydrazone groups is 1. The number of ether oxygens (including phenoxy) is 2. The monoisotopic (exact) mass is 414 g/mol. The third-order valence-electron chi connectivity index (χ3n) is 5.23. The predicted octanol–water partition coefficient (Wildman–Crippen LogP) is 6.20. The van der Waals surface area contributed by atoms with Crippen LogP contribution in [0.2, 0.25) is 0 Å². The Morgan fingerprint density at radius 2 is 1.90 bits per heavy atom.